The fraction of sp³-hybridized carbons (Fsp3) is 0.160. The summed E-state index contributed by atoms with van der Waals surface area (Å²) in [5, 5.41) is 10.6. The van der Waals surface area contributed by atoms with Gasteiger partial charge < -0.3 is 9.47 Å². The van der Waals surface area contributed by atoms with Gasteiger partial charge in [0, 0.05) is 5.02 Å². The molecule has 0 heterocycles. The van der Waals surface area contributed by atoms with E-state index in [2.05, 4.69) is 6.07 Å². The summed E-state index contributed by atoms with van der Waals surface area (Å²) in [5.41, 5.74) is 4.25. The molecule has 0 aliphatic heterocycles. The molecule has 0 aliphatic carbocycles. The summed E-state index contributed by atoms with van der Waals surface area (Å²) in [5.74, 6) is 1.03. The molecule has 0 N–H and O–H groups in total. The molecular weight excluding hydrogens is 417 g/mol. The lowest BCUT2D eigenvalue weighted by atomic mass is 10.0. The van der Waals surface area contributed by atoms with Crippen LogP contribution in [0.3, 0.4) is 0 Å². The Bertz CT molecular complexity index is 1080. The third kappa shape index (κ3) is 5.57. The van der Waals surface area contributed by atoms with E-state index in [9.17, 15) is 5.26 Å². The van der Waals surface area contributed by atoms with Gasteiger partial charge in [-0.15, -0.1) is 0 Å². The van der Waals surface area contributed by atoms with E-state index in [0.717, 1.165) is 16.7 Å². The van der Waals surface area contributed by atoms with Crippen LogP contribution in [0.2, 0.25) is 10.0 Å². The van der Waals surface area contributed by atoms with Crippen molar-refractivity contribution in [2.24, 2.45) is 0 Å². The summed E-state index contributed by atoms with van der Waals surface area (Å²) in [6.45, 7) is 4.78. The van der Waals surface area contributed by atoms with Crippen LogP contribution in [-0.2, 0) is 6.61 Å². The van der Waals surface area contributed by atoms with E-state index in [1.807, 2.05) is 56.3 Å². The largest absolute Gasteiger partial charge is 0.490 e. The smallest absolute Gasteiger partial charge is 0.180 e. The average molecular weight is 438 g/mol. The predicted octanol–water partition coefficient (Wildman–Crippen LogP) is 7.34. The summed E-state index contributed by atoms with van der Waals surface area (Å²) in [6.07, 6.45) is 1.77. The van der Waals surface area contributed by atoms with E-state index in [4.69, 9.17) is 32.7 Å². The molecule has 0 atom stereocenters. The monoisotopic (exact) mass is 437 g/mol. The van der Waals surface area contributed by atoms with Gasteiger partial charge in [-0.2, -0.15) is 5.26 Å². The summed E-state index contributed by atoms with van der Waals surface area (Å²) in [6, 6.07) is 21.1. The number of ether oxygens (including phenoxy) is 2. The molecule has 0 aromatic heterocycles. The van der Waals surface area contributed by atoms with Gasteiger partial charge in [0.1, 0.15) is 6.61 Å². The van der Waals surface area contributed by atoms with Crippen molar-refractivity contribution in [2.45, 2.75) is 20.5 Å². The minimum atomic E-state index is 0.378. The third-order valence-corrected chi connectivity index (χ3v) is 4.95. The van der Waals surface area contributed by atoms with E-state index < -0.39 is 0 Å². The number of allylic oxidation sites excluding steroid dienone is 1. The van der Waals surface area contributed by atoms with Crippen LogP contribution in [0, 0.1) is 18.3 Å². The zero-order chi connectivity index (χ0) is 21.5. The number of halogens is 2. The van der Waals surface area contributed by atoms with Crippen LogP contribution in [0.1, 0.15) is 29.2 Å². The molecular formula is C25H21Cl2NO2. The normalized spacial score (nSPS) is 11.1. The quantitative estimate of drug-likeness (QED) is 0.286. The topological polar surface area (TPSA) is 42.2 Å². The Kier molecular flexibility index (Phi) is 7.41. The Labute approximate surface area is 187 Å². The van der Waals surface area contributed by atoms with E-state index in [1.54, 1.807) is 24.3 Å². The van der Waals surface area contributed by atoms with Crippen LogP contribution in [0.15, 0.2) is 60.7 Å². The lowest BCUT2D eigenvalue weighted by molar-refractivity contribution is 0.269. The van der Waals surface area contributed by atoms with Gasteiger partial charge in [0.25, 0.3) is 0 Å². The first kappa shape index (κ1) is 21.8. The van der Waals surface area contributed by atoms with E-state index in [0.29, 0.717) is 40.3 Å². The molecule has 0 saturated heterocycles. The van der Waals surface area contributed by atoms with Crippen molar-refractivity contribution >= 4 is 34.9 Å². The minimum Gasteiger partial charge on any atom is -0.490 e. The molecule has 3 aromatic rings. The van der Waals surface area contributed by atoms with Crippen LogP contribution in [-0.4, -0.2) is 6.61 Å². The molecule has 0 fully saturated rings. The standard InChI is InChI=1S/C25H21Cl2NO2/c1-3-29-24-14-19(12-21(15-28)20-8-10-22(26)11-9-20)13-23(27)25(24)30-16-18-6-4-17(2)5-7-18/h4-14H,3,16H2,1-2H3/b21-12+. The van der Waals surface area contributed by atoms with Gasteiger partial charge in [0.05, 0.1) is 23.3 Å². The molecule has 0 saturated carbocycles. The summed E-state index contributed by atoms with van der Waals surface area (Å²) >= 11 is 12.5. The Morgan fingerprint density at radius 2 is 1.70 bits per heavy atom. The summed E-state index contributed by atoms with van der Waals surface area (Å²) in [4.78, 5) is 0. The number of nitriles is 1. The van der Waals surface area contributed by atoms with Gasteiger partial charge in [0.2, 0.25) is 0 Å². The van der Waals surface area contributed by atoms with Crippen molar-refractivity contribution < 1.29 is 9.47 Å². The molecule has 5 heteroatoms. The first-order valence-corrected chi connectivity index (χ1v) is 10.3. The lowest BCUT2D eigenvalue weighted by Crippen LogP contribution is -2.01. The highest BCUT2D eigenvalue weighted by molar-refractivity contribution is 6.32. The van der Waals surface area contributed by atoms with E-state index in [-0.39, 0.29) is 0 Å². The van der Waals surface area contributed by atoms with Crippen LogP contribution in [0.25, 0.3) is 11.6 Å². The van der Waals surface area contributed by atoms with Gasteiger partial charge >= 0.3 is 0 Å². The number of hydrogen-bond acceptors (Lipinski definition) is 3. The van der Waals surface area contributed by atoms with Gasteiger partial charge in [0.15, 0.2) is 11.5 Å². The number of rotatable bonds is 7. The number of hydrogen-bond donors (Lipinski definition) is 0. The van der Waals surface area contributed by atoms with Gasteiger partial charge in [-0.05, 0) is 60.9 Å². The molecule has 152 valence electrons. The molecule has 0 bridgehead atoms. The zero-order valence-electron chi connectivity index (χ0n) is 16.8. The van der Waals surface area contributed by atoms with Crippen molar-refractivity contribution in [1.29, 1.82) is 5.26 Å². The second-order valence-electron chi connectivity index (χ2n) is 6.71. The molecule has 0 radical (unpaired) electrons. The first-order chi connectivity index (χ1) is 14.5. The lowest BCUT2D eigenvalue weighted by Gasteiger charge is -2.15. The second kappa shape index (κ2) is 10.2. The van der Waals surface area contributed by atoms with Crippen molar-refractivity contribution in [1.82, 2.24) is 0 Å². The molecule has 0 amide bonds. The predicted molar refractivity (Wildman–Crippen MR) is 123 cm³/mol. The summed E-state index contributed by atoms with van der Waals surface area (Å²) in [7, 11) is 0. The van der Waals surface area contributed by atoms with E-state index in [1.165, 1.54) is 5.56 Å². The maximum absolute atomic E-state index is 9.60. The van der Waals surface area contributed by atoms with Crippen molar-refractivity contribution in [3.8, 4) is 17.6 Å². The van der Waals surface area contributed by atoms with Crippen LogP contribution in [0.5, 0.6) is 11.5 Å². The van der Waals surface area contributed by atoms with Crippen LogP contribution < -0.4 is 9.47 Å². The molecule has 3 nitrogen and oxygen atoms in total. The molecule has 0 unspecified atom stereocenters. The minimum absolute atomic E-state index is 0.378. The summed E-state index contributed by atoms with van der Waals surface area (Å²) < 4.78 is 11.7. The van der Waals surface area contributed by atoms with E-state index >= 15 is 0 Å². The molecule has 3 aromatic carbocycles. The highest BCUT2D eigenvalue weighted by atomic mass is 35.5. The third-order valence-electron chi connectivity index (χ3n) is 4.42. The highest BCUT2D eigenvalue weighted by Gasteiger charge is 2.13. The average Bonchev–Trinajstić information content (AvgIpc) is 2.73. The zero-order valence-corrected chi connectivity index (χ0v) is 18.3. The molecule has 3 rings (SSSR count). The fourth-order valence-corrected chi connectivity index (χ4v) is 3.29. The Morgan fingerprint density at radius 3 is 2.33 bits per heavy atom. The van der Waals surface area contributed by atoms with Gasteiger partial charge in [-0.25, -0.2) is 0 Å². The Balaban J connectivity index is 1.90. The molecule has 0 aliphatic rings. The fourth-order valence-electron chi connectivity index (χ4n) is 2.89. The van der Waals surface area contributed by atoms with Crippen LogP contribution in [0.4, 0.5) is 0 Å². The Morgan fingerprint density at radius 1 is 1.00 bits per heavy atom. The second-order valence-corrected chi connectivity index (χ2v) is 7.56. The first-order valence-electron chi connectivity index (χ1n) is 9.52. The molecule has 30 heavy (non-hydrogen) atoms. The highest BCUT2D eigenvalue weighted by Crippen LogP contribution is 2.38. The van der Waals surface area contributed by atoms with Gasteiger partial charge in [-0.3, -0.25) is 0 Å². The van der Waals surface area contributed by atoms with Crippen molar-refractivity contribution in [3.63, 3.8) is 0 Å². The molecule has 0 spiro atoms. The number of nitrogens with zero attached hydrogens (tertiary/aromatic N) is 1. The number of aryl methyl sites for hydroxylation is 1. The van der Waals surface area contributed by atoms with Crippen LogP contribution >= 0.6 is 23.2 Å². The van der Waals surface area contributed by atoms with Crippen molar-refractivity contribution in [3.05, 3.63) is 93.0 Å². The Hall–Kier alpha value is -2.93. The maximum atomic E-state index is 9.60. The van der Waals surface area contributed by atoms with Gasteiger partial charge in [-0.1, -0.05) is 65.2 Å². The van der Waals surface area contributed by atoms with Crippen molar-refractivity contribution in [2.75, 3.05) is 6.61 Å². The number of benzene rings is 3. The SMILES string of the molecule is CCOc1cc(/C=C(\C#N)c2ccc(Cl)cc2)cc(Cl)c1OCc1ccc(C)cc1. The maximum Gasteiger partial charge on any atom is 0.180 e.